The van der Waals surface area contributed by atoms with E-state index >= 15 is 0 Å². The third-order valence-electron chi connectivity index (χ3n) is 3.01. The molecule has 5 heteroatoms. The number of carbonyl (C=O) groups is 2. The summed E-state index contributed by atoms with van der Waals surface area (Å²) in [4.78, 5) is 22.1. The van der Waals surface area contributed by atoms with Gasteiger partial charge in [-0.05, 0) is 31.1 Å². The van der Waals surface area contributed by atoms with Crippen molar-refractivity contribution in [1.82, 2.24) is 10.7 Å². The van der Waals surface area contributed by atoms with Crippen LogP contribution in [-0.4, -0.2) is 17.9 Å². The highest BCUT2D eigenvalue weighted by atomic mass is 16.2. The van der Waals surface area contributed by atoms with E-state index in [1.807, 2.05) is 5.43 Å². The number of hydrazine groups is 1. The number of nitrogens with one attached hydrogen (secondary N) is 2. The lowest BCUT2D eigenvalue weighted by Gasteiger charge is -2.34. The van der Waals surface area contributed by atoms with Crippen LogP contribution in [0.5, 0.6) is 0 Å². The van der Waals surface area contributed by atoms with E-state index in [-0.39, 0.29) is 6.04 Å². The van der Waals surface area contributed by atoms with Crippen LogP contribution in [0.25, 0.3) is 0 Å². The molecule has 0 radical (unpaired) electrons. The molecule has 15 heavy (non-hydrogen) atoms. The summed E-state index contributed by atoms with van der Waals surface area (Å²) in [6, 6.07) is 0.114. The van der Waals surface area contributed by atoms with Crippen LogP contribution in [0.15, 0.2) is 0 Å². The van der Waals surface area contributed by atoms with Gasteiger partial charge in [0.25, 0.3) is 0 Å². The maximum Gasteiger partial charge on any atom is 0.323 e. The Morgan fingerprint density at radius 2 is 1.73 bits per heavy atom. The lowest BCUT2D eigenvalue weighted by molar-refractivity contribution is -0.139. The van der Waals surface area contributed by atoms with Crippen LogP contribution in [-0.2, 0) is 9.59 Å². The van der Waals surface area contributed by atoms with Gasteiger partial charge in [0.1, 0.15) is 0 Å². The van der Waals surface area contributed by atoms with Gasteiger partial charge in [-0.2, -0.15) is 0 Å². The molecule has 0 saturated heterocycles. The van der Waals surface area contributed by atoms with E-state index in [0.29, 0.717) is 5.41 Å². The first kappa shape index (κ1) is 12.0. The molecule has 1 aliphatic carbocycles. The minimum Gasteiger partial charge on any atom is -0.345 e. The van der Waals surface area contributed by atoms with Crippen LogP contribution in [0.2, 0.25) is 0 Å². The highest BCUT2D eigenvalue weighted by Crippen LogP contribution is 2.34. The van der Waals surface area contributed by atoms with Crippen LogP contribution in [0, 0.1) is 5.41 Å². The molecule has 0 aromatic rings. The molecule has 1 fully saturated rings. The summed E-state index contributed by atoms with van der Waals surface area (Å²) in [5.74, 6) is 3.45. The van der Waals surface area contributed by atoms with Gasteiger partial charge in [-0.15, -0.1) is 0 Å². The topological polar surface area (TPSA) is 84.2 Å². The summed E-state index contributed by atoms with van der Waals surface area (Å²) in [7, 11) is 0. The van der Waals surface area contributed by atoms with Gasteiger partial charge in [0.05, 0.1) is 0 Å². The Bertz CT molecular complexity index is 253. The average Bonchev–Trinajstić information content (AvgIpc) is 2.20. The second kappa shape index (κ2) is 4.61. The molecular formula is C10H19N3O2. The van der Waals surface area contributed by atoms with E-state index in [1.165, 1.54) is 0 Å². The molecule has 0 atom stereocenters. The van der Waals surface area contributed by atoms with Gasteiger partial charge in [-0.25, -0.2) is 5.84 Å². The van der Waals surface area contributed by atoms with Crippen LogP contribution in [0.3, 0.4) is 0 Å². The van der Waals surface area contributed by atoms with Crippen LogP contribution < -0.4 is 16.6 Å². The van der Waals surface area contributed by atoms with Crippen molar-refractivity contribution in [3.05, 3.63) is 0 Å². The first-order chi connectivity index (χ1) is 6.94. The number of hydrogen-bond acceptors (Lipinski definition) is 3. The van der Waals surface area contributed by atoms with Gasteiger partial charge in [-0.3, -0.25) is 15.0 Å². The Hall–Kier alpha value is -1.10. The molecule has 0 aliphatic heterocycles. The zero-order chi connectivity index (χ0) is 11.5. The van der Waals surface area contributed by atoms with Crippen molar-refractivity contribution in [3.63, 3.8) is 0 Å². The molecule has 86 valence electrons. The summed E-state index contributed by atoms with van der Waals surface area (Å²) >= 11 is 0. The summed E-state index contributed by atoms with van der Waals surface area (Å²) in [5.41, 5.74) is 2.18. The van der Waals surface area contributed by atoms with Gasteiger partial charge < -0.3 is 5.32 Å². The van der Waals surface area contributed by atoms with E-state index in [2.05, 4.69) is 19.2 Å². The van der Waals surface area contributed by atoms with E-state index < -0.39 is 11.8 Å². The smallest absolute Gasteiger partial charge is 0.323 e. The molecule has 1 rings (SSSR count). The average molecular weight is 213 g/mol. The summed E-state index contributed by atoms with van der Waals surface area (Å²) < 4.78 is 0. The van der Waals surface area contributed by atoms with Gasteiger partial charge in [-0.1, -0.05) is 13.8 Å². The molecule has 0 aromatic carbocycles. The summed E-state index contributed by atoms with van der Waals surface area (Å²) in [5, 5.41) is 2.68. The molecule has 4 N–H and O–H groups in total. The maximum absolute atomic E-state index is 11.2. The third-order valence-corrected chi connectivity index (χ3v) is 3.01. The molecule has 0 heterocycles. The van der Waals surface area contributed by atoms with E-state index in [4.69, 9.17) is 5.84 Å². The Labute approximate surface area is 89.8 Å². The van der Waals surface area contributed by atoms with E-state index in [0.717, 1.165) is 25.7 Å². The molecule has 0 aromatic heterocycles. The van der Waals surface area contributed by atoms with Crippen molar-refractivity contribution < 1.29 is 9.59 Å². The van der Waals surface area contributed by atoms with Crippen molar-refractivity contribution >= 4 is 11.8 Å². The minimum absolute atomic E-state index is 0.114. The molecule has 2 amide bonds. The Morgan fingerprint density at radius 1 is 1.20 bits per heavy atom. The zero-order valence-electron chi connectivity index (χ0n) is 9.30. The first-order valence-corrected chi connectivity index (χ1v) is 5.26. The van der Waals surface area contributed by atoms with Gasteiger partial charge in [0, 0.05) is 6.04 Å². The van der Waals surface area contributed by atoms with Gasteiger partial charge >= 0.3 is 11.8 Å². The second-order valence-electron chi connectivity index (χ2n) is 4.89. The number of amides is 2. The fourth-order valence-corrected chi connectivity index (χ4v) is 1.86. The van der Waals surface area contributed by atoms with Crippen LogP contribution >= 0.6 is 0 Å². The molecule has 0 bridgehead atoms. The number of hydrogen-bond donors (Lipinski definition) is 3. The molecule has 0 spiro atoms. The number of nitrogens with two attached hydrogens (primary N) is 1. The van der Waals surface area contributed by atoms with Crippen molar-refractivity contribution in [1.29, 1.82) is 0 Å². The van der Waals surface area contributed by atoms with Crippen molar-refractivity contribution in [2.75, 3.05) is 0 Å². The van der Waals surface area contributed by atoms with Crippen LogP contribution in [0.4, 0.5) is 0 Å². The fraction of sp³-hybridized carbons (Fsp3) is 0.800. The van der Waals surface area contributed by atoms with E-state index in [1.54, 1.807) is 0 Å². The lowest BCUT2D eigenvalue weighted by Crippen LogP contribution is -2.48. The molecule has 1 aliphatic rings. The number of carbonyl (C=O) groups excluding carboxylic acids is 2. The van der Waals surface area contributed by atoms with Crippen molar-refractivity contribution in [2.45, 2.75) is 45.6 Å². The predicted molar refractivity (Wildman–Crippen MR) is 56.5 cm³/mol. The Kier molecular flexibility index (Phi) is 3.68. The zero-order valence-corrected chi connectivity index (χ0v) is 9.30. The molecular weight excluding hydrogens is 194 g/mol. The molecule has 1 saturated carbocycles. The predicted octanol–water partition coefficient (Wildman–Crippen LogP) is 0.0613. The van der Waals surface area contributed by atoms with E-state index in [9.17, 15) is 9.59 Å². The highest BCUT2D eigenvalue weighted by molar-refractivity contribution is 6.34. The monoisotopic (exact) mass is 213 g/mol. The maximum atomic E-state index is 11.2. The number of rotatable bonds is 1. The first-order valence-electron chi connectivity index (χ1n) is 5.26. The highest BCUT2D eigenvalue weighted by Gasteiger charge is 2.28. The molecule has 0 unspecified atom stereocenters. The van der Waals surface area contributed by atoms with Crippen molar-refractivity contribution in [2.24, 2.45) is 11.3 Å². The lowest BCUT2D eigenvalue weighted by atomic mass is 9.75. The SMILES string of the molecule is CC1(C)CCC(NC(=O)C(=O)NN)CC1. The van der Waals surface area contributed by atoms with Crippen LogP contribution in [0.1, 0.15) is 39.5 Å². The normalized spacial score (nSPS) is 20.7. The standard InChI is InChI=1S/C10H19N3O2/c1-10(2)5-3-7(4-6-10)12-8(14)9(15)13-11/h7H,3-6,11H2,1-2H3,(H,12,14)(H,13,15). The summed E-state index contributed by atoms with van der Waals surface area (Å²) in [6.07, 6.45) is 4.00. The van der Waals surface area contributed by atoms with Gasteiger partial charge in [0.15, 0.2) is 0 Å². The second-order valence-corrected chi connectivity index (χ2v) is 4.89. The summed E-state index contributed by atoms with van der Waals surface area (Å²) in [6.45, 7) is 4.44. The van der Waals surface area contributed by atoms with Crippen molar-refractivity contribution in [3.8, 4) is 0 Å². The van der Waals surface area contributed by atoms with Gasteiger partial charge in [0.2, 0.25) is 0 Å². The molecule has 5 nitrogen and oxygen atoms in total. The third kappa shape index (κ3) is 3.51. The fourth-order valence-electron chi connectivity index (χ4n) is 1.86. The minimum atomic E-state index is -0.778. The largest absolute Gasteiger partial charge is 0.345 e. The Morgan fingerprint density at radius 3 is 2.20 bits per heavy atom. The Balaban J connectivity index is 2.36. The quantitative estimate of drug-likeness (QED) is 0.249.